The van der Waals surface area contributed by atoms with Gasteiger partial charge < -0.3 is 20.1 Å². The molecule has 0 spiro atoms. The van der Waals surface area contributed by atoms with Crippen LogP contribution in [0.1, 0.15) is 22.8 Å². The Balaban J connectivity index is 1.40. The number of esters is 1. The molecule has 2 amide bonds. The van der Waals surface area contributed by atoms with E-state index in [1.165, 1.54) is 19.1 Å². The zero-order chi connectivity index (χ0) is 23.6. The Bertz CT molecular complexity index is 1090. The van der Waals surface area contributed by atoms with Crippen molar-refractivity contribution in [1.29, 1.82) is 0 Å². The third-order valence-corrected chi connectivity index (χ3v) is 4.55. The Kier molecular flexibility index (Phi) is 8.13. The summed E-state index contributed by atoms with van der Waals surface area (Å²) in [5.74, 6) is -0.853. The Hall–Kier alpha value is -4.20. The summed E-state index contributed by atoms with van der Waals surface area (Å²) in [6.07, 6.45) is -1.05. The zero-order valence-corrected chi connectivity index (χ0v) is 17.9. The molecule has 0 saturated carbocycles. The third kappa shape index (κ3) is 7.46. The number of amides is 2. The number of ether oxygens (including phenoxy) is 2. The highest BCUT2D eigenvalue weighted by Gasteiger charge is 2.18. The normalized spacial score (nSPS) is 11.2. The van der Waals surface area contributed by atoms with E-state index in [-0.39, 0.29) is 12.4 Å². The van der Waals surface area contributed by atoms with Crippen molar-refractivity contribution in [2.24, 2.45) is 0 Å². The Morgan fingerprint density at radius 2 is 1.48 bits per heavy atom. The summed E-state index contributed by atoms with van der Waals surface area (Å²) < 4.78 is 23.6. The van der Waals surface area contributed by atoms with Gasteiger partial charge in [0.05, 0.1) is 0 Å². The first-order valence-electron chi connectivity index (χ1n) is 10.2. The molecule has 1 atom stereocenters. The molecule has 3 rings (SSSR count). The molecule has 8 heteroatoms. The Morgan fingerprint density at radius 3 is 2.15 bits per heavy atom. The number of para-hydroxylation sites is 1. The van der Waals surface area contributed by atoms with Crippen molar-refractivity contribution in [3.05, 3.63) is 95.8 Å². The maximum atomic E-state index is 12.9. The minimum atomic E-state index is -1.05. The first-order valence-corrected chi connectivity index (χ1v) is 10.2. The van der Waals surface area contributed by atoms with Gasteiger partial charge in [-0.25, -0.2) is 4.39 Å². The first kappa shape index (κ1) is 23.5. The van der Waals surface area contributed by atoms with Crippen molar-refractivity contribution in [3.8, 4) is 11.5 Å². The lowest BCUT2D eigenvalue weighted by atomic mass is 10.2. The van der Waals surface area contributed by atoms with Crippen LogP contribution in [0.3, 0.4) is 0 Å². The van der Waals surface area contributed by atoms with Crippen LogP contribution >= 0.6 is 0 Å². The fourth-order valence-electron chi connectivity index (χ4n) is 2.78. The van der Waals surface area contributed by atoms with Crippen LogP contribution in [-0.4, -0.2) is 30.4 Å². The number of nitrogens with one attached hydrogen (secondary N) is 2. The summed E-state index contributed by atoms with van der Waals surface area (Å²) in [6, 6.07) is 21.3. The summed E-state index contributed by atoms with van der Waals surface area (Å²) in [5, 5.41) is 5.05. The summed E-state index contributed by atoms with van der Waals surface area (Å²) in [5.41, 5.74) is 1.05. The third-order valence-electron chi connectivity index (χ3n) is 4.55. The molecule has 0 fully saturated rings. The van der Waals surface area contributed by atoms with Gasteiger partial charge in [0.25, 0.3) is 11.8 Å². The van der Waals surface area contributed by atoms with Gasteiger partial charge in [-0.05, 0) is 61.0 Å². The standard InChI is InChI=1S/C25H23FN2O5/c1-17(24(30)27-15-18-7-11-20(26)12-8-18)32-23(29)16-28-25(31)19-9-13-22(14-10-19)33-21-5-3-2-4-6-21/h2-14,17H,15-16H2,1H3,(H,27,30)(H,28,31). The van der Waals surface area contributed by atoms with E-state index in [4.69, 9.17) is 9.47 Å². The van der Waals surface area contributed by atoms with E-state index >= 15 is 0 Å². The molecule has 7 nitrogen and oxygen atoms in total. The maximum absolute atomic E-state index is 12.9. The van der Waals surface area contributed by atoms with Crippen LogP contribution in [0.5, 0.6) is 11.5 Å². The molecular formula is C25H23FN2O5. The molecule has 0 aliphatic carbocycles. The molecule has 0 aromatic heterocycles. The molecule has 0 radical (unpaired) electrons. The Labute approximate surface area is 190 Å². The molecule has 0 aliphatic heterocycles. The van der Waals surface area contributed by atoms with Crippen molar-refractivity contribution in [2.45, 2.75) is 19.6 Å². The molecule has 0 bridgehead atoms. The van der Waals surface area contributed by atoms with Crippen LogP contribution in [0.2, 0.25) is 0 Å². The largest absolute Gasteiger partial charge is 0.457 e. The fourth-order valence-corrected chi connectivity index (χ4v) is 2.78. The van der Waals surface area contributed by atoms with Gasteiger partial charge in [-0.3, -0.25) is 14.4 Å². The van der Waals surface area contributed by atoms with Crippen LogP contribution in [0, 0.1) is 5.82 Å². The van der Waals surface area contributed by atoms with E-state index in [0.717, 1.165) is 0 Å². The van der Waals surface area contributed by atoms with E-state index in [1.807, 2.05) is 30.3 Å². The van der Waals surface area contributed by atoms with Gasteiger partial charge in [0.15, 0.2) is 6.10 Å². The van der Waals surface area contributed by atoms with Crippen LogP contribution in [0.25, 0.3) is 0 Å². The molecule has 33 heavy (non-hydrogen) atoms. The van der Waals surface area contributed by atoms with Crippen LogP contribution in [0.4, 0.5) is 4.39 Å². The summed E-state index contributed by atoms with van der Waals surface area (Å²) in [4.78, 5) is 36.3. The number of carbonyl (C=O) groups excluding carboxylic acids is 3. The van der Waals surface area contributed by atoms with Gasteiger partial charge in [0.1, 0.15) is 23.9 Å². The second kappa shape index (κ2) is 11.4. The smallest absolute Gasteiger partial charge is 0.326 e. The molecule has 170 valence electrons. The van der Waals surface area contributed by atoms with Crippen LogP contribution in [0.15, 0.2) is 78.9 Å². The average molecular weight is 450 g/mol. The topological polar surface area (TPSA) is 93.7 Å². The van der Waals surface area contributed by atoms with Crippen LogP contribution < -0.4 is 15.4 Å². The lowest BCUT2D eigenvalue weighted by Crippen LogP contribution is -2.38. The van der Waals surface area contributed by atoms with Crippen molar-refractivity contribution >= 4 is 17.8 Å². The second-order valence-corrected chi connectivity index (χ2v) is 7.10. The van der Waals surface area contributed by atoms with Crippen molar-refractivity contribution in [3.63, 3.8) is 0 Å². The highest BCUT2D eigenvalue weighted by Crippen LogP contribution is 2.21. The number of hydrogen-bond acceptors (Lipinski definition) is 5. The van der Waals surface area contributed by atoms with Crippen LogP contribution in [-0.2, 0) is 20.9 Å². The van der Waals surface area contributed by atoms with Gasteiger partial charge in [0, 0.05) is 12.1 Å². The van der Waals surface area contributed by atoms with E-state index in [9.17, 15) is 18.8 Å². The number of hydrogen-bond donors (Lipinski definition) is 2. The van der Waals surface area contributed by atoms with E-state index in [2.05, 4.69) is 10.6 Å². The lowest BCUT2D eigenvalue weighted by molar-refractivity contribution is -0.153. The zero-order valence-electron chi connectivity index (χ0n) is 17.9. The first-order chi connectivity index (χ1) is 15.9. The Morgan fingerprint density at radius 1 is 0.848 bits per heavy atom. The maximum Gasteiger partial charge on any atom is 0.326 e. The van der Waals surface area contributed by atoms with Gasteiger partial charge in [-0.1, -0.05) is 30.3 Å². The van der Waals surface area contributed by atoms with Gasteiger partial charge in [0.2, 0.25) is 0 Å². The number of rotatable bonds is 9. The van der Waals surface area contributed by atoms with Crippen molar-refractivity contribution < 1.29 is 28.2 Å². The van der Waals surface area contributed by atoms with Gasteiger partial charge in [-0.2, -0.15) is 0 Å². The molecule has 3 aromatic carbocycles. The predicted octanol–water partition coefficient (Wildman–Crippen LogP) is 3.60. The fraction of sp³-hybridized carbons (Fsp3) is 0.160. The highest BCUT2D eigenvalue weighted by molar-refractivity contribution is 5.96. The van der Waals surface area contributed by atoms with E-state index in [1.54, 1.807) is 36.4 Å². The van der Waals surface area contributed by atoms with E-state index < -0.39 is 30.4 Å². The average Bonchev–Trinajstić information content (AvgIpc) is 2.83. The highest BCUT2D eigenvalue weighted by atomic mass is 19.1. The summed E-state index contributed by atoms with van der Waals surface area (Å²) in [7, 11) is 0. The van der Waals surface area contributed by atoms with Crippen molar-refractivity contribution in [1.82, 2.24) is 10.6 Å². The predicted molar refractivity (Wildman–Crippen MR) is 119 cm³/mol. The lowest BCUT2D eigenvalue weighted by Gasteiger charge is -2.14. The molecule has 0 saturated heterocycles. The van der Waals surface area contributed by atoms with Crippen molar-refractivity contribution in [2.75, 3.05) is 6.54 Å². The number of carbonyl (C=O) groups is 3. The van der Waals surface area contributed by atoms with E-state index in [0.29, 0.717) is 22.6 Å². The molecular weight excluding hydrogens is 427 g/mol. The minimum absolute atomic E-state index is 0.168. The molecule has 2 N–H and O–H groups in total. The monoisotopic (exact) mass is 450 g/mol. The quantitative estimate of drug-likeness (QED) is 0.486. The molecule has 0 aliphatic rings. The molecule has 0 heterocycles. The second-order valence-electron chi connectivity index (χ2n) is 7.10. The SMILES string of the molecule is CC(OC(=O)CNC(=O)c1ccc(Oc2ccccc2)cc1)C(=O)NCc1ccc(F)cc1. The molecule has 1 unspecified atom stereocenters. The van der Waals surface area contributed by atoms with Gasteiger partial charge >= 0.3 is 5.97 Å². The minimum Gasteiger partial charge on any atom is -0.457 e. The number of halogens is 1. The summed E-state index contributed by atoms with van der Waals surface area (Å²) >= 11 is 0. The summed E-state index contributed by atoms with van der Waals surface area (Å²) in [6.45, 7) is 1.20. The molecule has 3 aromatic rings. The number of benzene rings is 3. The van der Waals surface area contributed by atoms with Gasteiger partial charge in [-0.15, -0.1) is 0 Å².